The van der Waals surface area contributed by atoms with Crippen LogP contribution in [0, 0.1) is 0 Å². The average Bonchev–Trinajstić information content (AvgIpc) is 2.30. The van der Waals surface area contributed by atoms with Gasteiger partial charge in [-0.25, -0.2) is 0 Å². The molecule has 1 aromatic rings. The molecule has 1 amide bonds. The van der Waals surface area contributed by atoms with Crippen molar-refractivity contribution in [1.29, 1.82) is 0 Å². The standard InChI is InChI=1S/C12H17NO2S/c1-4-13(5-2)12(14)10-6-8-11(9-7-10)16(3)15/h6-9H,4-5H2,1-3H3. The van der Waals surface area contributed by atoms with Crippen LogP contribution in [0.1, 0.15) is 24.2 Å². The Morgan fingerprint density at radius 1 is 1.19 bits per heavy atom. The van der Waals surface area contributed by atoms with Gasteiger partial charge in [-0.1, -0.05) is 0 Å². The molecule has 0 aliphatic carbocycles. The molecule has 0 fully saturated rings. The van der Waals surface area contributed by atoms with Gasteiger partial charge < -0.3 is 4.90 Å². The van der Waals surface area contributed by atoms with E-state index in [4.69, 9.17) is 0 Å². The summed E-state index contributed by atoms with van der Waals surface area (Å²) in [5.74, 6) is 0.0263. The molecule has 3 nitrogen and oxygen atoms in total. The van der Waals surface area contributed by atoms with Gasteiger partial charge in [0.2, 0.25) is 0 Å². The Bertz CT molecular complexity index is 383. The normalized spacial score (nSPS) is 12.2. The SMILES string of the molecule is CCN(CC)C(=O)c1ccc(S(C)=O)cc1. The number of hydrogen-bond donors (Lipinski definition) is 0. The predicted octanol–water partition coefficient (Wildman–Crippen LogP) is 1.91. The van der Waals surface area contributed by atoms with Crippen molar-refractivity contribution in [2.45, 2.75) is 18.7 Å². The molecule has 0 N–H and O–H groups in total. The number of rotatable bonds is 4. The second-order valence-electron chi connectivity index (χ2n) is 3.46. The summed E-state index contributed by atoms with van der Waals surface area (Å²) in [6.07, 6.45) is 1.63. The summed E-state index contributed by atoms with van der Waals surface area (Å²) >= 11 is 0. The zero-order chi connectivity index (χ0) is 12.1. The van der Waals surface area contributed by atoms with Crippen LogP contribution in [-0.2, 0) is 10.8 Å². The molecule has 1 aromatic carbocycles. The van der Waals surface area contributed by atoms with Crippen LogP contribution < -0.4 is 0 Å². The summed E-state index contributed by atoms with van der Waals surface area (Å²) in [5, 5.41) is 0. The lowest BCUT2D eigenvalue weighted by Crippen LogP contribution is -2.30. The third-order valence-corrected chi connectivity index (χ3v) is 3.42. The Morgan fingerprint density at radius 2 is 1.69 bits per heavy atom. The maximum atomic E-state index is 11.9. The summed E-state index contributed by atoms with van der Waals surface area (Å²) in [4.78, 5) is 14.4. The van der Waals surface area contributed by atoms with Crippen LogP contribution in [0.2, 0.25) is 0 Å². The van der Waals surface area contributed by atoms with Crippen molar-refractivity contribution in [3.63, 3.8) is 0 Å². The van der Waals surface area contributed by atoms with Crippen LogP contribution in [0.5, 0.6) is 0 Å². The maximum Gasteiger partial charge on any atom is 0.253 e. The van der Waals surface area contributed by atoms with Gasteiger partial charge in [-0.05, 0) is 38.1 Å². The van der Waals surface area contributed by atoms with Crippen molar-refractivity contribution in [1.82, 2.24) is 4.90 Å². The van der Waals surface area contributed by atoms with Crippen LogP contribution in [0.4, 0.5) is 0 Å². The topological polar surface area (TPSA) is 37.4 Å². The van der Waals surface area contributed by atoms with Gasteiger partial charge in [0.15, 0.2) is 0 Å². The van der Waals surface area contributed by atoms with Crippen molar-refractivity contribution in [2.75, 3.05) is 19.3 Å². The monoisotopic (exact) mass is 239 g/mol. The van der Waals surface area contributed by atoms with Gasteiger partial charge in [0, 0.05) is 40.6 Å². The summed E-state index contributed by atoms with van der Waals surface area (Å²) in [7, 11) is -0.990. The molecule has 0 aliphatic heterocycles. The number of nitrogens with zero attached hydrogens (tertiary/aromatic N) is 1. The fourth-order valence-electron chi connectivity index (χ4n) is 1.48. The molecular weight excluding hydrogens is 222 g/mol. The van der Waals surface area contributed by atoms with Gasteiger partial charge in [-0.2, -0.15) is 0 Å². The minimum Gasteiger partial charge on any atom is -0.339 e. The number of amides is 1. The van der Waals surface area contributed by atoms with Crippen LogP contribution in [0.3, 0.4) is 0 Å². The highest BCUT2D eigenvalue weighted by molar-refractivity contribution is 7.84. The van der Waals surface area contributed by atoms with E-state index in [0.29, 0.717) is 18.7 Å². The highest BCUT2D eigenvalue weighted by atomic mass is 32.2. The fourth-order valence-corrected chi connectivity index (χ4v) is 2.00. The van der Waals surface area contributed by atoms with Crippen molar-refractivity contribution in [3.8, 4) is 0 Å². The van der Waals surface area contributed by atoms with Crippen molar-refractivity contribution in [3.05, 3.63) is 29.8 Å². The molecule has 0 spiro atoms. The molecule has 0 saturated heterocycles. The maximum absolute atomic E-state index is 11.9. The summed E-state index contributed by atoms with van der Waals surface area (Å²) in [5.41, 5.74) is 0.651. The average molecular weight is 239 g/mol. The highest BCUT2D eigenvalue weighted by Crippen LogP contribution is 2.10. The molecule has 1 atom stereocenters. The van der Waals surface area contributed by atoms with E-state index in [2.05, 4.69) is 0 Å². The van der Waals surface area contributed by atoms with E-state index in [0.717, 1.165) is 4.90 Å². The lowest BCUT2D eigenvalue weighted by Gasteiger charge is -2.18. The first-order chi connectivity index (χ1) is 7.60. The van der Waals surface area contributed by atoms with Crippen LogP contribution in [0.15, 0.2) is 29.2 Å². The molecule has 0 aromatic heterocycles. The quantitative estimate of drug-likeness (QED) is 0.805. The molecule has 4 heteroatoms. The Balaban J connectivity index is 2.89. The molecule has 88 valence electrons. The minimum atomic E-state index is -0.990. The van der Waals surface area contributed by atoms with Crippen molar-refractivity contribution in [2.24, 2.45) is 0 Å². The predicted molar refractivity (Wildman–Crippen MR) is 66.0 cm³/mol. The van der Waals surface area contributed by atoms with Crippen molar-refractivity contribution < 1.29 is 9.00 Å². The molecule has 0 bridgehead atoms. The summed E-state index contributed by atoms with van der Waals surface area (Å²) < 4.78 is 11.2. The second-order valence-corrected chi connectivity index (χ2v) is 4.84. The fraction of sp³-hybridized carbons (Fsp3) is 0.417. The zero-order valence-corrected chi connectivity index (χ0v) is 10.7. The zero-order valence-electron chi connectivity index (χ0n) is 9.90. The highest BCUT2D eigenvalue weighted by Gasteiger charge is 2.11. The Kier molecular flexibility index (Phi) is 4.68. The van der Waals surface area contributed by atoms with Crippen LogP contribution in [-0.4, -0.2) is 34.4 Å². The van der Waals surface area contributed by atoms with Crippen molar-refractivity contribution >= 4 is 16.7 Å². The first kappa shape index (κ1) is 12.9. The summed E-state index contributed by atoms with van der Waals surface area (Å²) in [6.45, 7) is 5.32. The smallest absolute Gasteiger partial charge is 0.253 e. The van der Waals surface area contributed by atoms with E-state index >= 15 is 0 Å². The lowest BCUT2D eigenvalue weighted by atomic mass is 10.2. The van der Waals surface area contributed by atoms with E-state index < -0.39 is 10.8 Å². The van der Waals surface area contributed by atoms with E-state index in [1.165, 1.54) is 0 Å². The van der Waals surface area contributed by atoms with Gasteiger partial charge in [0.1, 0.15) is 0 Å². The van der Waals surface area contributed by atoms with Crippen LogP contribution >= 0.6 is 0 Å². The van der Waals surface area contributed by atoms with E-state index in [1.807, 2.05) is 13.8 Å². The molecule has 0 aliphatic rings. The van der Waals surface area contributed by atoms with Gasteiger partial charge in [-0.15, -0.1) is 0 Å². The largest absolute Gasteiger partial charge is 0.339 e. The molecule has 0 heterocycles. The second kappa shape index (κ2) is 5.80. The lowest BCUT2D eigenvalue weighted by molar-refractivity contribution is 0.0773. The molecule has 0 radical (unpaired) electrons. The summed E-state index contributed by atoms with van der Waals surface area (Å²) in [6, 6.07) is 6.95. The first-order valence-corrected chi connectivity index (χ1v) is 6.88. The number of carbonyl (C=O) groups excluding carboxylic acids is 1. The molecule has 16 heavy (non-hydrogen) atoms. The van der Waals surface area contributed by atoms with Gasteiger partial charge >= 0.3 is 0 Å². The number of hydrogen-bond acceptors (Lipinski definition) is 2. The third-order valence-electron chi connectivity index (χ3n) is 2.48. The molecule has 0 saturated carbocycles. The number of benzene rings is 1. The van der Waals surface area contributed by atoms with Gasteiger partial charge in [0.05, 0.1) is 0 Å². The number of carbonyl (C=O) groups is 1. The Morgan fingerprint density at radius 3 is 2.06 bits per heavy atom. The molecule has 1 unspecified atom stereocenters. The van der Waals surface area contributed by atoms with E-state index in [9.17, 15) is 9.00 Å². The van der Waals surface area contributed by atoms with E-state index in [1.54, 1.807) is 35.4 Å². The van der Waals surface area contributed by atoms with Gasteiger partial charge in [-0.3, -0.25) is 9.00 Å². The van der Waals surface area contributed by atoms with Gasteiger partial charge in [0.25, 0.3) is 5.91 Å². The Labute approximate surface area is 98.9 Å². The molecular formula is C12H17NO2S. The third kappa shape index (κ3) is 2.92. The van der Waals surface area contributed by atoms with Crippen LogP contribution in [0.25, 0.3) is 0 Å². The molecule has 1 rings (SSSR count). The first-order valence-electron chi connectivity index (χ1n) is 5.32. The Hall–Kier alpha value is -1.16. The minimum absolute atomic E-state index is 0.0263. The van der Waals surface area contributed by atoms with E-state index in [-0.39, 0.29) is 5.91 Å².